The van der Waals surface area contributed by atoms with E-state index in [2.05, 4.69) is 23.5 Å². The predicted molar refractivity (Wildman–Crippen MR) is 112 cm³/mol. The van der Waals surface area contributed by atoms with Crippen LogP contribution in [0.5, 0.6) is 17.2 Å². The van der Waals surface area contributed by atoms with Crippen molar-refractivity contribution in [1.82, 2.24) is 5.32 Å². The van der Waals surface area contributed by atoms with E-state index in [0.717, 1.165) is 22.4 Å². The first kappa shape index (κ1) is 18.9. The summed E-state index contributed by atoms with van der Waals surface area (Å²) in [4.78, 5) is 13.1. The van der Waals surface area contributed by atoms with Crippen LogP contribution in [0.1, 0.15) is 28.4 Å². The number of rotatable bonds is 5. The SMILES string of the molecule is COc1cccc(OC)c1C(=O)NC1CCOc2ccc(-c3ccccc3)cc21. The fraction of sp³-hybridized carbons (Fsp3) is 0.208. The second-order valence-corrected chi connectivity index (χ2v) is 6.82. The van der Waals surface area contributed by atoms with Gasteiger partial charge >= 0.3 is 0 Å². The van der Waals surface area contributed by atoms with Crippen molar-refractivity contribution in [1.29, 1.82) is 0 Å². The van der Waals surface area contributed by atoms with Gasteiger partial charge in [-0.25, -0.2) is 0 Å². The van der Waals surface area contributed by atoms with Crippen LogP contribution in [0.4, 0.5) is 0 Å². The third kappa shape index (κ3) is 3.76. The smallest absolute Gasteiger partial charge is 0.259 e. The molecular weight excluding hydrogens is 366 g/mol. The van der Waals surface area contributed by atoms with Gasteiger partial charge in [-0.1, -0.05) is 42.5 Å². The van der Waals surface area contributed by atoms with Gasteiger partial charge in [0.15, 0.2) is 0 Å². The molecule has 0 fully saturated rings. The topological polar surface area (TPSA) is 56.8 Å². The third-order valence-electron chi connectivity index (χ3n) is 5.12. The Labute approximate surface area is 170 Å². The van der Waals surface area contributed by atoms with Gasteiger partial charge < -0.3 is 19.5 Å². The molecule has 1 atom stereocenters. The lowest BCUT2D eigenvalue weighted by molar-refractivity contribution is 0.0918. The van der Waals surface area contributed by atoms with E-state index < -0.39 is 0 Å². The van der Waals surface area contributed by atoms with Gasteiger partial charge in [0.2, 0.25) is 0 Å². The predicted octanol–water partition coefficient (Wildman–Crippen LogP) is 4.62. The molecule has 5 heteroatoms. The van der Waals surface area contributed by atoms with Crippen molar-refractivity contribution < 1.29 is 19.0 Å². The molecule has 3 aromatic rings. The maximum Gasteiger partial charge on any atom is 0.259 e. The average Bonchev–Trinajstić information content (AvgIpc) is 2.79. The van der Waals surface area contributed by atoms with Crippen LogP contribution in [0.2, 0.25) is 0 Å². The molecule has 1 aliphatic rings. The largest absolute Gasteiger partial charge is 0.496 e. The third-order valence-corrected chi connectivity index (χ3v) is 5.12. The van der Waals surface area contributed by atoms with Gasteiger partial charge in [-0.15, -0.1) is 0 Å². The molecule has 1 unspecified atom stereocenters. The second kappa shape index (κ2) is 8.27. The van der Waals surface area contributed by atoms with Crippen LogP contribution in [-0.4, -0.2) is 26.7 Å². The molecule has 4 rings (SSSR count). The summed E-state index contributed by atoms with van der Waals surface area (Å²) in [5.41, 5.74) is 3.57. The van der Waals surface area contributed by atoms with Crippen LogP contribution >= 0.6 is 0 Å². The van der Waals surface area contributed by atoms with Crippen LogP contribution in [-0.2, 0) is 0 Å². The number of ether oxygens (including phenoxy) is 3. The zero-order chi connectivity index (χ0) is 20.2. The highest BCUT2D eigenvalue weighted by atomic mass is 16.5. The molecule has 5 nitrogen and oxygen atoms in total. The van der Waals surface area contributed by atoms with Gasteiger partial charge in [-0.3, -0.25) is 4.79 Å². The number of amides is 1. The minimum Gasteiger partial charge on any atom is -0.496 e. The molecule has 0 radical (unpaired) electrons. The Hall–Kier alpha value is -3.47. The molecule has 3 aromatic carbocycles. The maximum atomic E-state index is 13.1. The van der Waals surface area contributed by atoms with E-state index in [0.29, 0.717) is 30.1 Å². The van der Waals surface area contributed by atoms with Crippen LogP contribution in [0.15, 0.2) is 66.7 Å². The summed E-state index contributed by atoms with van der Waals surface area (Å²) in [7, 11) is 3.09. The van der Waals surface area contributed by atoms with Crippen molar-refractivity contribution in [3.63, 3.8) is 0 Å². The van der Waals surface area contributed by atoms with Crippen molar-refractivity contribution >= 4 is 5.91 Å². The highest BCUT2D eigenvalue weighted by Crippen LogP contribution is 2.36. The van der Waals surface area contributed by atoms with E-state index in [1.807, 2.05) is 30.3 Å². The van der Waals surface area contributed by atoms with Crippen molar-refractivity contribution in [3.8, 4) is 28.4 Å². The Morgan fingerprint density at radius 3 is 2.34 bits per heavy atom. The zero-order valence-corrected chi connectivity index (χ0v) is 16.5. The van der Waals surface area contributed by atoms with E-state index in [1.54, 1.807) is 32.4 Å². The molecule has 0 spiro atoms. The van der Waals surface area contributed by atoms with Gasteiger partial charge in [0.25, 0.3) is 5.91 Å². The molecule has 0 bridgehead atoms. The zero-order valence-electron chi connectivity index (χ0n) is 16.5. The first-order valence-electron chi connectivity index (χ1n) is 9.55. The monoisotopic (exact) mass is 389 g/mol. The molecule has 0 saturated carbocycles. The van der Waals surface area contributed by atoms with Gasteiger partial charge in [-0.2, -0.15) is 0 Å². The molecule has 0 saturated heterocycles. The fourth-order valence-corrected chi connectivity index (χ4v) is 3.66. The molecule has 1 amide bonds. The van der Waals surface area contributed by atoms with Crippen LogP contribution in [0, 0.1) is 0 Å². The van der Waals surface area contributed by atoms with Gasteiger partial charge in [0.1, 0.15) is 22.8 Å². The van der Waals surface area contributed by atoms with E-state index in [-0.39, 0.29) is 11.9 Å². The van der Waals surface area contributed by atoms with E-state index in [9.17, 15) is 4.79 Å². The Morgan fingerprint density at radius 1 is 0.931 bits per heavy atom. The van der Waals surface area contributed by atoms with Gasteiger partial charge in [0.05, 0.1) is 26.9 Å². The standard InChI is InChI=1S/C24H23NO4/c1-27-21-9-6-10-22(28-2)23(21)24(26)25-19-13-14-29-20-12-11-17(15-18(19)20)16-7-4-3-5-8-16/h3-12,15,19H,13-14H2,1-2H3,(H,25,26). The number of carbonyl (C=O) groups is 1. The van der Waals surface area contributed by atoms with Crippen molar-refractivity contribution in [2.24, 2.45) is 0 Å². The summed E-state index contributed by atoms with van der Waals surface area (Å²) in [6, 6.07) is 21.4. The summed E-state index contributed by atoms with van der Waals surface area (Å²) in [6.07, 6.45) is 0.689. The summed E-state index contributed by atoms with van der Waals surface area (Å²) in [5, 5.41) is 3.14. The molecule has 148 valence electrons. The van der Waals surface area contributed by atoms with Gasteiger partial charge in [-0.05, 0) is 35.4 Å². The highest BCUT2D eigenvalue weighted by Gasteiger charge is 2.26. The van der Waals surface area contributed by atoms with Crippen LogP contribution < -0.4 is 19.5 Å². The second-order valence-electron chi connectivity index (χ2n) is 6.82. The molecule has 0 aromatic heterocycles. The molecule has 0 aliphatic carbocycles. The molecule has 1 N–H and O–H groups in total. The summed E-state index contributed by atoms with van der Waals surface area (Å²) in [5.74, 6) is 1.52. The Morgan fingerprint density at radius 2 is 1.66 bits per heavy atom. The lowest BCUT2D eigenvalue weighted by atomic mass is 9.95. The van der Waals surface area contributed by atoms with Crippen LogP contribution in [0.25, 0.3) is 11.1 Å². The number of benzene rings is 3. The van der Waals surface area contributed by atoms with Crippen molar-refractivity contribution in [2.75, 3.05) is 20.8 Å². The number of methoxy groups -OCH3 is 2. The average molecular weight is 389 g/mol. The van der Waals surface area contributed by atoms with Gasteiger partial charge in [0, 0.05) is 12.0 Å². The minimum atomic E-state index is -0.234. The van der Waals surface area contributed by atoms with Crippen LogP contribution in [0.3, 0.4) is 0 Å². The number of hydrogen-bond acceptors (Lipinski definition) is 4. The Balaban J connectivity index is 1.66. The summed E-state index contributed by atoms with van der Waals surface area (Å²) < 4.78 is 16.6. The molecule has 1 heterocycles. The first-order chi connectivity index (χ1) is 14.2. The van der Waals surface area contributed by atoms with E-state index >= 15 is 0 Å². The van der Waals surface area contributed by atoms with E-state index in [1.165, 1.54) is 0 Å². The fourth-order valence-electron chi connectivity index (χ4n) is 3.66. The number of carbonyl (C=O) groups excluding carboxylic acids is 1. The Kier molecular flexibility index (Phi) is 5.38. The number of hydrogen-bond donors (Lipinski definition) is 1. The normalized spacial score (nSPS) is 15.0. The maximum absolute atomic E-state index is 13.1. The number of nitrogens with one attached hydrogen (secondary N) is 1. The highest BCUT2D eigenvalue weighted by molar-refractivity contribution is 6.00. The first-order valence-corrected chi connectivity index (χ1v) is 9.55. The molecule has 29 heavy (non-hydrogen) atoms. The van der Waals surface area contributed by atoms with Crippen molar-refractivity contribution in [2.45, 2.75) is 12.5 Å². The quantitative estimate of drug-likeness (QED) is 0.692. The minimum absolute atomic E-state index is 0.162. The summed E-state index contributed by atoms with van der Waals surface area (Å²) >= 11 is 0. The number of fused-ring (bicyclic) bond motifs is 1. The lowest BCUT2D eigenvalue weighted by Crippen LogP contribution is -2.32. The van der Waals surface area contributed by atoms with E-state index in [4.69, 9.17) is 14.2 Å². The molecule has 1 aliphatic heterocycles. The lowest BCUT2D eigenvalue weighted by Gasteiger charge is -2.28. The Bertz CT molecular complexity index is 994. The van der Waals surface area contributed by atoms with Crippen molar-refractivity contribution in [3.05, 3.63) is 77.9 Å². The summed E-state index contributed by atoms with van der Waals surface area (Å²) in [6.45, 7) is 0.547. The molecular formula is C24H23NO4.